The topological polar surface area (TPSA) is 6.48 Å². The highest BCUT2D eigenvalue weighted by atomic mass is 19.4. The third-order valence-corrected chi connectivity index (χ3v) is 4.60. The third-order valence-electron chi connectivity index (χ3n) is 4.60. The fourth-order valence-electron chi connectivity index (χ4n) is 3.14. The van der Waals surface area contributed by atoms with E-state index in [0.29, 0.717) is 6.54 Å². The fourth-order valence-corrected chi connectivity index (χ4v) is 3.14. The van der Waals surface area contributed by atoms with E-state index in [-0.39, 0.29) is 0 Å². The van der Waals surface area contributed by atoms with Crippen LogP contribution in [0.5, 0.6) is 0 Å². The van der Waals surface area contributed by atoms with Crippen LogP contribution in [0, 0.1) is 0 Å². The predicted molar refractivity (Wildman–Crippen MR) is 98.6 cm³/mol. The van der Waals surface area contributed by atoms with Gasteiger partial charge in [-0.2, -0.15) is 13.2 Å². The standard InChI is InChI=1S/C21H23F3N2/c22-21(23,24)20-10-4-8-19(16-20)17-26-14-12-25(13-15-26)11-5-9-18-6-2-1-3-7-18/h1-10,16H,11-15,17H2/b9-5+. The van der Waals surface area contributed by atoms with E-state index in [0.717, 1.165) is 44.4 Å². The normalized spacial score (nSPS) is 17.0. The van der Waals surface area contributed by atoms with Gasteiger partial charge in [-0.05, 0) is 17.2 Å². The van der Waals surface area contributed by atoms with Crippen LogP contribution in [-0.2, 0) is 12.7 Å². The van der Waals surface area contributed by atoms with Gasteiger partial charge in [-0.15, -0.1) is 0 Å². The number of piperazine rings is 1. The Morgan fingerprint density at radius 2 is 1.54 bits per heavy atom. The van der Waals surface area contributed by atoms with Gasteiger partial charge in [0.15, 0.2) is 0 Å². The predicted octanol–water partition coefficient (Wildman–Crippen LogP) is 4.54. The second kappa shape index (κ2) is 8.52. The van der Waals surface area contributed by atoms with Crippen LogP contribution in [0.25, 0.3) is 6.08 Å². The quantitative estimate of drug-likeness (QED) is 0.773. The Balaban J connectivity index is 1.46. The van der Waals surface area contributed by atoms with Crippen molar-refractivity contribution in [2.24, 2.45) is 0 Å². The average Bonchev–Trinajstić information content (AvgIpc) is 2.64. The summed E-state index contributed by atoms with van der Waals surface area (Å²) in [4.78, 5) is 4.58. The molecule has 26 heavy (non-hydrogen) atoms. The van der Waals surface area contributed by atoms with Crippen molar-refractivity contribution in [3.8, 4) is 0 Å². The minimum atomic E-state index is -4.28. The number of hydrogen-bond acceptors (Lipinski definition) is 2. The summed E-state index contributed by atoms with van der Waals surface area (Å²) in [5, 5.41) is 0. The smallest absolute Gasteiger partial charge is 0.297 e. The molecule has 5 heteroatoms. The van der Waals surface area contributed by atoms with Crippen LogP contribution < -0.4 is 0 Å². The third kappa shape index (κ3) is 5.44. The van der Waals surface area contributed by atoms with E-state index >= 15 is 0 Å². The molecule has 1 heterocycles. The molecule has 1 aliphatic heterocycles. The van der Waals surface area contributed by atoms with Crippen LogP contribution >= 0.6 is 0 Å². The maximum atomic E-state index is 12.8. The van der Waals surface area contributed by atoms with Crippen molar-refractivity contribution >= 4 is 6.08 Å². The van der Waals surface area contributed by atoms with E-state index in [1.165, 1.54) is 17.7 Å². The lowest BCUT2D eigenvalue weighted by Gasteiger charge is -2.34. The van der Waals surface area contributed by atoms with Crippen LogP contribution in [0.1, 0.15) is 16.7 Å². The summed E-state index contributed by atoms with van der Waals surface area (Å²) in [6, 6.07) is 15.8. The average molecular weight is 360 g/mol. The molecule has 0 bridgehead atoms. The highest BCUT2D eigenvalue weighted by molar-refractivity contribution is 5.48. The first-order chi connectivity index (χ1) is 12.5. The zero-order valence-corrected chi connectivity index (χ0v) is 14.6. The lowest BCUT2D eigenvalue weighted by molar-refractivity contribution is -0.137. The van der Waals surface area contributed by atoms with Gasteiger partial charge >= 0.3 is 6.18 Å². The Morgan fingerprint density at radius 3 is 2.23 bits per heavy atom. The fraction of sp³-hybridized carbons (Fsp3) is 0.333. The molecule has 3 rings (SSSR count). The Bertz CT molecular complexity index is 718. The molecule has 0 amide bonds. The van der Waals surface area contributed by atoms with Gasteiger partial charge in [-0.3, -0.25) is 9.80 Å². The molecule has 2 aromatic rings. The second-order valence-electron chi connectivity index (χ2n) is 6.59. The van der Waals surface area contributed by atoms with E-state index in [1.807, 2.05) is 18.2 Å². The van der Waals surface area contributed by atoms with Gasteiger partial charge < -0.3 is 0 Å². The van der Waals surface area contributed by atoms with Crippen molar-refractivity contribution in [1.82, 2.24) is 9.80 Å². The Labute approximate surface area is 152 Å². The Morgan fingerprint density at radius 1 is 0.846 bits per heavy atom. The van der Waals surface area contributed by atoms with Crippen molar-refractivity contribution in [3.05, 3.63) is 77.4 Å². The number of nitrogens with zero attached hydrogens (tertiary/aromatic N) is 2. The van der Waals surface area contributed by atoms with E-state index < -0.39 is 11.7 Å². The molecule has 0 unspecified atom stereocenters. The van der Waals surface area contributed by atoms with E-state index in [2.05, 4.69) is 34.1 Å². The van der Waals surface area contributed by atoms with Gasteiger partial charge in [0.05, 0.1) is 5.56 Å². The summed E-state index contributed by atoms with van der Waals surface area (Å²) in [6.07, 6.45) is 0.00655. The van der Waals surface area contributed by atoms with Crippen LogP contribution in [-0.4, -0.2) is 42.5 Å². The van der Waals surface area contributed by atoms with Gasteiger partial charge in [-0.25, -0.2) is 0 Å². The molecule has 0 atom stereocenters. The van der Waals surface area contributed by atoms with E-state index in [4.69, 9.17) is 0 Å². The lowest BCUT2D eigenvalue weighted by Crippen LogP contribution is -2.45. The van der Waals surface area contributed by atoms with Crippen molar-refractivity contribution in [2.45, 2.75) is 12.7 Å². The molecule has 0 aliphatic carbocycles. The molecule has 2 nitrogen and oxygen atoms in total. The molecular weight excluding hydrogens is 337 g/mol. The maximum absolute atomic E-state index is 12.8. The lowest BCUT2D eigenvalue weighted by atomic mass is 10.1. The van der Waals surface area contributed by atoms with Gasteiger partial charge in [0, 0.05) is 39.3 Å². The van der Waals surface area contributed by atoms with Crippen molar-refractivity contribution in [1.29, 1.82) is 0 Å². The van der Waals surface area contributed by atoms with Crippen LogP contribution in [0.3, 0.4) is 0 Å². The van der Waals surface area contributed by atoms with Crippen molar-refractivity contribution in [3.63, 3.8) is 0 Å². The molecule has 2 aromatic carbocycles. The summed E-state index contributed by atoms with van der Waals surface area (Å²) in [7, 11) is 0. The van der Waals surface area contributed by atoms with E-state index in [9.17, 15) is 13.2 Å². The minimum Gasteiger partial charge on any atom is -0.297 e. The first-order valence-electron chi connectivity index (χ1n) is 8.83. The highest BCUT2D eigenvalue weighted by Crippen LogP contribution is 2.29. The first kappa shape index (κ1) is 18.7. The highest BCUT2D eigenvalue weighted by Gasteiger charge is 2.30. The summed E-state index contributed by atoms with van der Waals surface area (Å²) < 4.78 is 38.4. The van der Waals surface area contributed by atoms with E-state index in [1.54, 1.807) is 6.07 Å². The minimum absolute atomic E-state index is 0.567. The van der Waals surface area contributed by atoms with Gasteiger partial charge in [0.25, 0.3) is 0 Å². The molecule has 1 saturated heterocycles. The molecule has 0 aromatic heterocycles. The number of alkyl halides is 3. The number of rotatable bonds is 5. The first-order valence-corrected chi connectivity index (χ1v) is 8.83. The molecule has 0 spiro atoms. The van der Waals surface area contributed by atoms with Gasteiger partial charge in [-0.1, -0.05) is 60.7 Å². The zero-order valence-electron chi connectivity index (χ0n) is 14.6. The summed E-state index contributed by atoms with van der Waals surface area (Å²) >= 11 is 0. The van der Waals surface area contributed by atoms with Crippen LogP contribution in [0.15, 0.2) is 60.7 Å². The molecule has 0 saturated carbocycles. The maximum Gasteiger partial charge on any atom is 0.416 e. The Kier molecular flexibility index (Phi) is 6.12. The molecule has 138 valence electrons. The molecule has 1 aliphatic rings. The second-order valence-corrected chi connectivity index (χ2v) is 6.59. The number of halogens is 3. The van der Waals surface area contributed by atoms with Crippen molar-refractivity contribution in [2.75, 3.05) is 32.7 Å². The summed E-state index contributed by atoms with van der Waals surface area (Å²) in [5.41, 5.74) is 1.34. The number of hydrogen-bond donors (Lipinski definition) is 0. The van der Waals surface area contributed by atoms with Gasteiger partial charge in [0.2, 0.25) is 0 Å². The largest absolute Gasteiger partial charge is 0.416 e. The molecule has 0 N–H and O–H groups in total. The van der Waals surface area contributed by atoms with Crippen molar-refractivity contribution < 1.29 is 13.2 Å². The molecule has 0 radical (unpaired) electrons. The van der Waals surface area contributed by atoms with Gasteiger partial charge in [0.1, 0.15) is 0 Å². The number of benzene rings is 2. The summed E-state index contributed by atoms with van der Waals surface area (Å²) in [6.45, 7) is 5.06. The van der Waals surface area contributed by atoms with Crippen LogP contribution in [0.2, 0.25) is 0 Å². The SMILES string of the molecule is FC(F)(F)c1cccc(CN2CCN(C/C=C/c3ccccc3)CC2)c1. The zero-order chi connectivity index (χ0) is 18.4. The summed E-state index contributed by atoms with van der Waals surface area (Å²) in [5.74, 6) is 0. The van der Waals surface area contributed by atoms with Crippen LogP contribution in [0.4, 0.5) is 13.2 Å². The molecular formula is C21H23F3N2. The molecule has 1 fully saturated rings. The monoisotopic (exact) mass is 360 g/mol. The Hall–Kier alpha value is -2.11.